The summed E-state index contributed by atoms with van der Waals surface area (Å²) in [6.45, 7) is 6.77. The van der Waals surface area contributed by atoms with Gasteiger partial charge in [0.1, 0.15) is 0 Å². The van der Waals surface area contributed by atoms with Gasteiger partial charge in [0.25, 0.3) is 0 Å². The molecule has 0 aliphatic carbocycles. The lowest BCUT2D eigenvalue weighted by Gasteiger charge is -2.12. The van der Waals surface area contributed by atoms with E-state index in [1.54, 1.807) is 17.5 Å². The molecule has 2 heterocycles. The Morgan fingerprint density at radius 2 is 2.30 bits per heavy atom. The highest BCUT2D eigenvalue weighted by Gasteiger charge is 2.15. The van der Waals surface area contributed by atoms with Gasteiger partial charge < -0.3 is 5.32 Å². The highest BCUT2D eigenvalue weighted by atomic mass is 32.1. The minimum Gasteiger partial charge on any atom is -0.348 e. The molecule has 2 aromatic heterocycles. The first-order valence-corrected chi connectivity index (χ1v) is 7.58. The van der Waals surface area contributed by atoms with Crippen molar-refractivity contribution in [2.45, 2.75) is 46.2 Å². The second-order valence-electron chi connectivity index (χ2n) is 4.84. The number of aryl methyl sites for hydroxylation is 3. The van der Waals surface area contributed by atoms with E-state index < -0.39 is 0 Å². The van der Waals surface area contributed by atoms with Crippen LogP contribution in [0.3, 0.4) is 0 Å². The highest BCUT2D eigenvalue weighted by molar-refractivity contribution is 7.11. The van der Waals surface area contributed by atoms with Crippen LogP contribution in [0, 0.1) is 13.8 Å². The molecule has 0 saturated carbocycles. The van der Waals surface area contributed by atoms with E-state index >= 15 is 0 Å². The molecule has 20 heavy (non-hydrogen) atoms. The first-order chi connectivity index (χ1) is 9.56. The van der Waals surface area contributed by atoms with Gasteiger partial charge in [0, 0.05) is 30.2 Å². The molecule has 0 spiro atoms. The quantitative estimate of drug-likeness (QED) is 0.890. The van der Waals surface area contributed by atoms with Gasteiger partial charge in [-0.2, -0.15) is 5.10 Å². The van der Waals surface area contributed by atoms with Crippen LogP contribution in [0.15, 0.2) is 18.5 Å². The Balaban J connectivity index is 1.77. The summed E-state index contributed by atoms with van der Waals surface area (Å²) in [6.07, 6.45) is 4.94. The van der Waals surface area contributed by atoms with Crippen molar-refractivity contribution in [1.82, 2.24) is 20.1 Å². The van der Waals surface area contributed by atoms with E-state index in [4.69, 9.17) is 0 Å². The molecule has 0 aromatic carbocycles. The van der Waals surface area contributed by atoms with Crippen molar-refractivity contribution in [3.63, 3.8) is 0 Å². The normalized spacial score (nSPS) is 12.3. The molecule has 0 unspecified atom stereocenters. The van der Waals surface area contributed by atoms with Gasteiger partial charge in [-0.3, -0.25) is 9.48 Å². The summed E-state index contributed by atoms with van der Waals surface area (Å²) in [5.74, 6) is 0.0645. The van der Waals surface area contributed by atoms with E-state index in [1.165, 1.54) is 4.88 Å². The lowest BCUT2D eigenvalue weighted by Crippen LogP contribution is -2.27. The van der Waals surface area contributed by atoms with E-state index in [1.807, 2.05) is 37.7 Å². The summed E-state index contributed by atoms with van der Waals surface area (Å²) in [4.78, 5) is 17.6. The number of hydrogen-bond acceptors (Lipinski definition) is 4. The van der Waals surface area contributed by atoms with Crippen LogP contribution < -0.4 is 5.32 Å². The summed E-state index contributed by atoms with van der Waals surface area (Å²) in [7, 11) is 0. The molecule has 0 aliphatic rings. The number of carbonyl (C=O) groups excluding carboxylic acids is 1. The van der Waals surface area contributed by atoms with E-state index in [-0.39, 0.29) is 11.9 Å². The number of rotatable bonds is 6. The number of nitrogens with zero attached hydrogens (tertiary/aromatic N) is 3. The first kappa shape index (κ1) is 14.7. The Kier molecular flexibility index (Phi) is 4.89. The topological polar surface area (TPSA) is 59.8 Å². The number of thiazole rings is 1. The Morgan fingerprint density at radius 3 is 2.90 bits per heavy atom. The van der Waals surface area contributed by atoms with Gasteiger partial charge in [0.05, 0.1) is 16.7 Å². The molecule has 1 N–H and O–H groups in total. The van der Waals surface area contributed by atoms with Crippen LogP contribution in [-0.2, 0) is 11.3 Å². The fourth-order valence-electron chi connectivity index (χ4n) is 2.16. The average molecular weight is 292 g/mol. The molecule has 108 valence electrons. The van der Waals surface area contributed by atoms with Crippen molar-refractivity contribution in [3.8, 4) is 0 Å². The third-order valence-corrected chi connectivity index (χ3v) is 3.98. The van der Waals surface area contributed by atoms with Crippen LogP contribution in [0.4, 0.5) is 0 Å². The molecule has 5 nitrogen and oxygen atoms in total. The van der Waals surface area contributed by atoms with Gasteiger partial charge >= 0.3 is 0 Å². The summed E-state index contributed by atoms with van der Waals surface area (Å²) in [6, 6.07) is 1.85. The fraction of sp³-hybridized carbons (Fsp3) is 0.500. The van der Waals surface area contributed by atoms with Gasteiger partial charge in [-0.25, -0.2) is 4.98 Å². The number of amides is 1. The van der Waals surface area contributed by atoms with Crippen LogP contribution in [0.5, 0.6) is 0 Å². The van der Waals surface area contributed by atoms with Crippen molar-refractivity contribution in [1.29, 1.82) is 0 Å². The van der Waals surface area contributed by atoms with Crippen LogP contribution in [0.1, 0.15) is 41.4 Å². The van der Waals surface area contributed by atoms with Gasteiger partial charge in [0.15, 0.2) is 0 Å². The van der Waals surface area contributed by atoms with Gasteiger partial charge in [-0.05, 0) is 33.3 Å². The molecular weight excluding hydrogens is 272 g/mol. The third-order valence-electron chi connectivity index (χ3n) is 3.08. The molecule has 1 amide bonds. The smallest absolute Gasteiger partial charge is 0.220 e. The van der Waals surface area contributed by atoms with E-state index in [0.717, 1.165) is 23.7 Å². The van der Waals surface area contributed by atoms with Crippen molar-refractivity contribution >= 4 is 17.2 Å². The third kappa shape index (κ3) is 3.90. The Morgan fingerprint density at radius 1 is 1.50 bits per heavy atom. The van der Waals surface area contributed by atoms with E-state index in [2.05, 4.69) is 15.4 Å². The number of aromatic nitrogens is 3. The Labute approximate surface area is 123 Å². The van der Waals surface area contributed by atoms with Gasteiger partial charge in [-0.15, -0.1) is 11.3 Å². The number of hydrogen-bond donors (Lipinski definition) is 1. The summed E-state index contributed by atoms with van der Waals surface area (Å²) in [5, 5.41) is 8.16. The molecule has 2 aromatic rings. The maximum Gasteiger partial charge on any atom is 0.220 e. The fourth-order valence-corrected chi connectivity index (χ4v) is 3.08. The van der Waals surface area contributed by atoms with Gasteiger partial charge in [-0.1, -0.05) is 0 Å². The maximum absolute atomic E-state index is 11.9. The minimum atomic E-state index is -0.0304. The first-order valence-electron chi connectivity index (χ1n) is 6.77. The SMILES string of the molecule is Cc1nc([C@@H](C)NC(=O)CCCn2cccn2)c(C)s1. The standard InChI is InChI=1S/C14H20N4OS/c1-10(14-11(2)20-12(3)17-14)16-13(19)6-4-8-18-9-5-7-15-18/h5,7,9-10H,4,6,8H2,1-3H3,(H,16,19)/t10-/m1/s1. The largest absolute Gasteiger partial charge is 0.348 e. The molecule has 0 bridgehead atoms. The summed E-state index contributed by atoms with van der Waals surface area (Å²) < 4.78 is 1.84. The summed E-state index contributed by atoms with van der Waals surface area (Å²) >= 11 is 1.67. The monoisotopic (exact) mass is 292 g/mol. The second kappa shape index (κ2) is 6.65. The zero-order chi connectivity index (χ0) is 14.5. The van der Waals surface area contributed by atoms with Crippen LogP contribution in [0.25, 0.3) is 0 Å². The van der Waals surface area contributed by atoms with Crippen LogP contribution >= 0.6 is 11.3 Å². The molecule has 0 aliphatic heterocycles. The van der Waals surface area contributed by atoms with Gasteiger partial charge in [0.2, 0.25) is 5.91 Å². The van der Waals surface area contributed by atoms with Crippen molar-refractivity contribution in [2.24, 2.45) is 0 Å². The van der Waals surface area contributed by atoms with Crippen LogP contribution in [0.2, 0.25) is 0 Å². The molecule has 6 heteroatoms. The number of carbonyl (C=O) groups is 1. The molecule has 0 radical (unpaired) electrons. The average Bonchev–Trinajstić information content (AvgIpc) is 2.99. The molecule has 2 rings (SSSR count). The van der Waals surface area contributed by atoms with E-state index in [0.29, 0.717) is 6.42 Å². The summed E-state index contributed by atoms with van der Waals surface area (Å²) in [5.41, 5.74) is 0.980. The molecule has 0 saturated heterocycles. The zero-order valence-electron chi connectivity index (χ0n) is 12.1. The van der Waals surface area contributed by atoms with Crippen LogP contribution in [-0.4, -0.2) is 20.7 Å². The van der Waals surface area contributed by atoms with Crippen molar-refractivity contribution in [2.75, 3.05) is 0 Å². The molecule has 0 fully saturated rings. The highest BCUT2D eigenvalue weighted by Crippen LogP contribution is 2.22. The van der Waals surface area contributed by atoms with Crippen molar-refractivity contribution < 1.29 is 4.79 Å². The predicted octanol–water partition coefficient (Wildman–Crippen LogP) is 2.61. The predicted molar refractivity (Wildman–Crippen MR) is 79.6 cm³/mol. The second-order valence-corrected chi connectivity index (χ2v) is 6.24. The van der Waals surface area contributed by atoms with Crippen molar-refractivity contribution in [3.05, 3.63) is 34.0 Å². The minimum absolute atomic E-state index is 0.0304. The zero-order valence-corrected chi connectivity index (χ0v) is 12.9. The Bertz CT molecular complexity index is 562. The molecular formula is C14H20N4OS. The maximum atomic E-state index is 11.9. The lowest BCUT2D eigenvalue weighted by molar-refractivity contribution is -0.121. The molecule has 1 atom stereocenters. The van der Waals surface area contributed by atoms with E-state index in [9.17, 15) is 4.79 Å². The Hall–Kier alpha value is -1.69. The number of nitrogens with one attached hydrogen (secondary N) is 1. The lowest BCUT2D eigenvalue weighted by atomic mass is 10.2.